The number of aromatic nitrogens is 3. The number of anilines is 1. The number of fused-ring (bicyclic) bond motifs is 1. The smallest absolute Gasteiger partial charge is 0.245 e. The molecule has 2 fully saturated rings. The highest BCUT2D eigenvalue weighted by Crippen LogP contribution is 2.30. The van der Waals surface area contributed by atoms with Gasteiger partial charge in [0.05, 0.1) is 30.3 Å². The molecule has 12 heteroatoms. The first kappa shape index (κ1) is 29.7. The number of carbonyl (C=O) groups excluding carboxylic acids is 3. The number of nitrogens with zero attached hydrogens (tertiary/aromatic N) is 5. The van der Waals surface area contributed by atoms with Crippen LogP contribution in [-0.4, -0.2) is 76.2 Å². The van der Waals surface area contributed by atoms with Gasteiger partial charge in [0.25, 0.3) is 0 Å². The van der Waals surface area contributed by atoms with Gasteiger partial charge in [-0.2, -0.15) is 5.10 Å². The van der Waals surface area contributed by atoms with Gasteiger partial charge in [-0.1, -0.05) is 29.8 Å². The summed E-state index contributed by atoms with van der Waals surface area (Å²) >= 11 is 5.84. The van der Waals surface area contributed by atoms with Crippen LogP contribution in [0.1, 0.15) is 35.8 Å². The van der Waals surface area contributed by atoms with Crippen LogP contribution in [0.5, 0.6) is 0 Å². The van der Waals surface area contributed by atoms with E-state index in [0.717, 1.165) is 42.9 Å². The zero-order valence-electron chi connectivity index (χ0n) is 24.3. The number of hydrogen-bond donors (Lipinski definition) is 1. The van der Waals surface area contributed by atoms with Gasteiger partial charge >= 0.3 is 0 Å². The van der Waals surface area contributed by atoms with E-state index in [0.29, 0.717) is 24.1 Å². The summed E-state index contributed by atoms with van der Waals surface area (Å²) in [5.41, 5.74) is 2.94. The average Bonchev–Trinajstić information content (AvgIpc) is 3.82. The molecule has 6 rings (SSSR count). The van der Waals surface area contributed by atoms with Crippen LogP contribution in [0.25, 0.3) is 22.0 Å². The number of amides is 2. The summed E-state index contributed by atoms with van der Waals surface area (Å²) < 4.78 is 21.2. The summed E-state index contributed by atoms with van der Waals surface area (Å²) in [6, 6.07) is 14.2. The van der Waals surface area contributed by atoms with Gasteiger partial charge in [0.15, 0.2) is 5.78 Å². The molecule has 2 amide bonds. The lowest BCUT2D eigenvalue weighted by atomic mass is 10.0. The second-order valence-corrected chi connectivity index (χ2v) is 11.4. The van der Waals surface area contributed by atoms with Gasteiger partial charge in [-0.15, -0.1) is 0 Å². The van der Waals surface area contributed by atoms with Gasteiger partial charge < -0.3 is 19.9 Å². The lowest BCUT2D eigenvalue weighted by Gasteiger charge is -2.27. The first-order valence-corrected chi connectivity index (χ1v) is 15.0. The molecule has 228 valence electrons. The number of hydrogen-bond acceptors (Lipinski definition) is 7. The molecule has 2 aromatic heterocycles. The van der Waals surface area contributed by atoms with Crippen LogP contribution in [0.2, 0.25) is 5.02 Å². The summed E-state index contributed by atoms with van der Waals surface area (Å²) in [4.78, 5) is 47.2. The van der Waals surface area contributed by atoms with Crippen LogP contribution in [0, 0.1) is 5.82 Å². The maximum absolute atomic E-state index is 14.2. The van der Waals surface area contributed by atoms with Crippen LogP contribution < -0.4 is 10.2 Å². The Morgan fingerprint density at radius 2 is 1.86 bits per heavy atom. The summed E-state index contributed by atoms with van der Waals surface area (Å²) in [5, 5.41) is 7.80. The predicted molar refractivity (Wildman–Crippen MR) is 164 cm³/mol. The fourth-order valence-corrected chi connectivity index (χ4v) is 5.59. The zero-order chi connectivity index (χ0) is 30.8. The molecule has 1 aliphatic carbocycles. The van der Waals surface area contributed by atoms with Crippen LogP contribution in [0.3, 0.4) is 0 Å². The maximum atomic E-state index is 14.2. The number of halogens is 2. The summed E-state index contributed by atoms with van der Waals surface area (Å²) in [6.45, 7) is 4.05. The van der Waals surface area contributed by atoms with Crippen LogP contribution >= 0.6 is 11.6 Å². The molecule has 2 aromatic carbocycles. The standard InChI is InChI=1S/C32H32ClFN6O4/c1-20(41)32-25-15-21(22-6-10-28(35-16-22)38-11-13-44-14-12-38)5-9-27(25)40(37-32)19-30(43)39(24-7-8-24)18-29(42)36-17-23-3-2-4-26(33)31(23)34/h2-6,9-10,15-16,24H,7-8,11-14,17-19H2,1H3,(H,36,42). The summed E-state index contributed by atoms with van der Waals surface area (Å²) in [6.07, 6.45) is 3.40. The molecule has 0 spiro atoms. The number of carbonyl (C=O) groups is 3. The topological polar surface area (TPSA) is 110 Å². The highest BCUT2D eigenvalue weighted by molar-refractivity contribution is 6.30. The molecule has 1 saturated heterocycles. The molecule has 1 N–H and O–H groups in total. The van der Waals surface area contributed by atoms with Crippen molar-refractivity contribution in [2.45, 2.75) is 38.9 Å². The molecule has 10 nitrogen and oxygen atoms in total. The third kappa shape index (κ3) is 6.44. The van der Waals surface area contributed by atoms with E-state index in [1.54, 1.807) is 12.1 Å². The summed E-state index contributed by atoms with van der Waals surface area (Å²) in [5.74, 6) is -0.605. The number of ketones is 1. The minimum Gasteiger partial charge on any atom is -0.378 e. The quantitative estimate of drug-likeness (QED) is 0.265. The zero-order valence-corrected chi connectivity index (χ0v) is 25.0. The molecule has 44 heavy (non-hydrogen) atoms. The highest BCUT2D eigenvalue weighted by atomic mass is 35.5. The van der Waals surface area contributed by atoms with Gasteiger partial charge in [0.2, 0.25) is 11.8 Å². The minimum absolute atomic E-state index is 0.0200. The first-order valence-electron chi connectivity index (χ1n) is 14.6. The number of rotatable bonds is 10. The van der Waals surface area contributed by atoms with Crippen molar-refractivity contribution in [2.75, 3.05) is 37.7 Å². The Labute approximate surface area is 258 Å². The van der Waals surface area contributed by atoms with Crippen molar-refractivity contribution >= 4 is 45.9 Å². The molecule has 1 aliphatic heterocycles. The van der Waals surface area contributed by atoms with E-state index in [9.17, 15) is 18.8 Å². The Balaban J connectivity index is 1.17. The monoisotopic (exact) mass is 618 g/mol. The number of ether oxygens (including phenoxy) is 1. The molecule has 0 radical (unpaired) electrons. The van der Waals surface area contributed by atoms with Crippen molar-refractivity contribution in [3.05, 3.63) is 76.8 Å². The van der Waals surface area contributed by atoms with Crippen LogP contribution in [-0.2, 0) is 27.4 Å². The first-order chi connectivity index (χ1) is 21.3. The van der Waals surface area contributed by atoms with E-state index in [-0.39, 0.29) is 53.6 Å². The highest BCUT2D eigenvalue weighted by Gasteiger charge is 2.34. The molecule has 1 saturated carbocycles. The largest absolute Gasteiger partial charge is 0.378 e. The van der Waals surface area contributed by atoms with Crippen molar-refractivity contribution < 1.29 is 23.5 Å². The number of benzene rings is 2. The Morgan fingerprint density at radius 1 is 1.09 bits per heavy atom. The van der Waals surface area contributed by atoms with Gasteiger partial charge in [-0.25, -0.2) is 9.37 Å². The fraction of sp³-hybridized carbons (Fsp3) is 0.344. The van der Waals surface area contributed by atoms with E-state index in [1.165, 1.54) is 22.6 Å². The maximum Gasteiger partial charge on any atom is 0.245 e. The third-order valence-corrected chi connectivity index (χ3v) is 8.21. The molecular formula is C32H32ClFN6O4. The Hall–Kier alpha value is -4.35. The molecule has 3 heterocycles. The second-order valence-electron chi connectivity index (χ2n) is 11.0. The van der Waals surface area contributed by atoms with Crippen LogP contribution in [0.15, 0.2) is 54.7 Å². The van der Waals surface area contributed by atoms with E-state index >= 15 is 0 Å². The van der Waals surface area contributed by atoms with Gasteiger partial charge in [0.1, 0.15) is 23.9 Å². The van der Waals surface area contributed by atoms with Crippen molar-refractivity contribution in [1.82, 2.24) is 25.0 Å². The van der Waals surface area contributed by atoms with E-state index < -0.39 is 11.7 Å². The van der Waals surface area contributed by atoms with Crippen molar-refractivity contribution in [2.24, 2.45) is 0 Å². The average molecular weight is 619 g/mol. The van der Waals surface area contributed by atoms with Gasteiger partial charge in [-0.05, 0) is 48.7 Å². The number of pyridine rings is 1. The lowest BCUT2D eigenvalue weighted by molar-refractivity contribution is -0.137. The molecular weight excluding hydrogens is 587 g/mol. The van der Waals surface area contributed by atoms with Crippen molar-refractivity contribution in [3.8, 4) is 11.1 Å². The number of morpholine rings is 1. The third-order valence-electron chi connectivity index (χ3n) is 7.91. The Kier molecular flexibility index (Phi) is 8.58. The predicted octanol–water partition coefficient (Wildman–Crippen LogP) is 4.24. The van der Waals surface area contributed by atoms with Gasteiger partial charge in [-0.3, -0.25) is 19.1 Å². The van der Waals surface area contributed by atoms with E-state index in [1.807, 2.05) is 36.5 Å². The molecule has 0 unspecified atom stereocenters. The van der Waals surface area contributed by atoms with Crippen molar-refractivity contribution in [3.63, 3.8) is 0 Å². The van der Waals surface area contributed by atoms with Gasteiger partial charge in [0, 0.05) is 55.3 Å². The molecule has 2 aliphatic rings. The molecule has 4 aromatic rings. The molecule has 0 bridgehead atoms. The van der Waals surface area contributed by atoms with Crippen molar-refractivity contribution in [1.29, 1.82) is 0 Å². The number of nitrogens with one attached hydrogen (secondary N) is 1. The Morgan fingerprint density at radius 3 is 2.57 bits per heavy atom. The fourth-order valence-electron chi connectivity index (χ4n) is 5.39. The normalized spacial score (nSPS) is 14.9. The number of Topliss-reactive ketones (excluding diaryl/α,β-unsaturated/α-hetero) is 1. The van der Waals surface area contributed by atoms with E-state index in [4.69, 9.17) is 16.3 Å². The Bertz CT molecular complexity index is 1720. The SMILES string of the molecule is CC(=O)c1nn(CC(=O)N(CC(=O)NCc2cccc(Cl)c2F)C2CC2)c2ccc(-c3ccc(N4CCOCC4)nc3)cc12. The molecule has 0 atom stereocenters. The van der Waals surface area contributed by atoms with Crippen LogP contribution in [0.4, 0.5) is 10.2 Å². The lowest BCUT2D eigenvalue weighted by Crippen LogP contribution is -2.43. The van der Waals surface area contributed by atoms with E-state index in [2.05, 4.69) is 20.3 Å². The second kappa shape index (κ2) is 12.7. The summed E-state index contributed by atoms with van der Waals surface area (Å²) in [7, 11) is 0. The minimum atomic E-state index is -0.583.